The summed E-state index contributed by atoms with van der Waals surface area (Å²) in [6.45, 7) is 3.33. The molecule has 3 rings (SSSR count). The fraction of sp³-hybridized carbons (Fsp3) is 0.100. The van der Waals surface area contributed by atoms with Gasteiger partial charge < -0.3 is 4.42 Å². The van der Waals surface area contributed by atoms with Crippen LogP contribution in [0.4, 0.5) is 10.1 Å². The highest BCUT2D eigenvalue weighted by atomic mass is 32.2. The number of carbonyl (C=O) groups is 2. The molecular formula is C20H18FN3O5S. The van der Waals surface area contributed by atoms with Gasteiger partial charge in [0.05, 0.1) is 10.5 Å². The Balaban J connectivity index is 1.64. The van der Waals surface area contributed by atoms with Crippen LogP contribution in [0.1, 0.15) is 32.2 Å². The zero-order chi connectivity index (χ0) is 21.9. The number of nitrogens with one attached hydrogen (secondary N) is 3. The summed E-state index contributed by atoms with van der Waals surface area (Å²) in [5, 5.41) is 0. The number of halogens is 1. The minimum atomic E-state index is -3.92. The number of sulfonamides is 1. The lowest BCUT2D eigenvalue weighted by atomic mass is 10.2. The number of anilines is 1. The van der Waals surface area contributed by atoms with Crippen LogP contribution in [0.2, 0.25) is 0 Å². The van der Waals surface area contributed by atoms with E-state index >= 15 is 0 Å². The number of benzene rings is 2. The van der Waals surface area contributed by atoms with Crippen LogP contribution in [0.25, 0.3) is 0 Å². The van der Waals surface area contributed by atoms with E-state index in [1.807, 2.05) is 0 Å². The van der Waals surface area contributed by atoms with Gasteiger partial charge in [0.15, 0.2) is 0 Å². The average Bonchev–Trinajstić information content (AvgIpc) is 3.05. The molecule has 1 aromatic heterocycles. The van der Waals surface area contributed by atoms with Gasteiger partial charge in [-0.15, -0.1) is 0 Å². The largest absolute Gasteiger partial charge is 0.466 e. The molecule has 0 aliphatic heterocycles. The van der Waals surface area contributed by atoms with E-state index in [0.717, 1.165) is 12.1 Å². The summed E-state index contributed by atoms with van der Waals surface area (Å²) in [4.78, 5) is 24.2. The molecule has 8 nitrogen and oxygen atoms in total. The Morgan fingerprint density at radius 1 is 0.900 bits per heavy atom. The van der Waals surface area contributed by atoms with Crippen LogP contribution in [-0.2, 0) is 10.0 Å². The van der Waals surface area contributed by atoms with Gasteiger partial charge in [0.2, 0.25) is 0 Å². The molecule has 3 N–H and O–H groups in total. The van der Waals surface area contributed by atoms with Gasteiger partial charge in [-0.2, -0.15) is 0 Å². The number of hydrogen-bond donors (Lipinski definition) is 3. The van der Waals surface area contributed by atoms with E-state index in [1.165, 1.54) is 36.4 Å². The highest BCUT2D eigenvalue weighted by Crippen LogP contribution is 2.17. The molecule has 156 valence electrons. The Morgan fingerprint density at radius 3 is 2.07 bits per heavy atom. The first-order chi connectivity index (χ1) is 14.2. The number of furan rings is 1. The fourth-order valence-corrected chi connectivity index (χ4v) is 3.69. The van der Waals surface area contributed by atoms with Gasteiger partial charge in [-0.05, 0) is 68.4 Å². The second kappa shape index (κ2) is 8.37. The van der Waals surface area contributed by atoms with Crippen molar-refractivity contribution in [3.8, 4) is 0 Å². The lowest BCUT2D eigenvalue weighted by Gasteiger charge is -2.09. The predicted molar refractivity (Wildman–Crippen MR) is 107 cm³/mol. The summed E-state index contributed by atoms with van der Waals surface area (Å²) < 4.78 is 45.3. The second-order valence-electron chi connectivity index (χ2n) is 6.37. The van der Waals surface area contributed by atoms with Crippen molar-refractivity contribution in [1.82, 2.24) is 10.9 Å². The summed E-state index contributed by atoms with van der Waals surface area (Å²) in [6, 6.07) is 11.5. The van der Waals surface area contributed by atoms with Gasteiger partial charge in [0, 0.05) is 11.3 Å². The topological polar surface area (TPSA) is 118 Å². The quantitative estimate of drug-likeness (QED) is 0.537. The molecule has 0 saturated heterocycles. The normalized spacial score (nSPS) is 11.0. The Kier molecular flexibility index (Phi) is 5.88. The van der Waals surface area contributed by atoms with Crippen molar-refractivity contribution >= 4 is 27.5 Å². The molecule has 2 aromatic carbocycles. The molecule has 0 fully saturated rings. The Bertz CT molecular complexity index is 1190. The number of hydrogen-bond acceptors (Lipinski definition) is 5. The van der Waals surface area contributed by atoms with Gasteiger partial charge in [0.25, 0.3) is 21.8 Å². The molecule has 30 heavy (non-hydrogen) atoms. The Morgan fingerprint density at radius 2 is 1.50 bits per heavy atom. The van der Waals surface area contributed by atoms with Gasteiger partial charge in [-0.1, -0.05) is 0 Å². The van der Waals surface area contributed by atoms with Crippen LogP contribution >= 0.6 is 0 Å². The van der Waals surface area contributed by atoms with Crippen LogP contribution in [0.3, 0.4) is 0 Å². The summed E-state index contributed by atoms with van der Waals surface area (Å²) in [7, 11) is -3.92. The van der Waals surface area contributed by atoms with Crippen molar-refractivity contribution in [1.29, 1.82) is 0 Å². The van der Waals surface area contributed by atoms with Crippen LogP contribution in [-0.4, -0.2) is 20.2 Å². The molecule has 0 unspecified atom stereocenters. The highest BCUT2D eigenvalue weighted by molar-refractivity contribution is 7.92. The van der Waals surface area contributed by atoms with E-state index in [-0.39, 0.29) is 16.1 Å². The lowest BCUT2D eigenvalue weighted by molar-refractivity contribution is 0.0845. The van der Waals surface area contributed by atoms with E-state index < -0.39 is 27.7 Å². The molecule has 10 heteroatoms. The zero-order valence-electron chi connectivity index (χ0n) is 16.0. The molecule has 0 bridgehead atoms. The van der Waals surface area contributed by atoms with Crippen molar-refractivity contribution in [2.45, 2.75) is 18.7 Å². The van der Waals surface area contributed by atoms with Gasteiger partial charge in [0.1, 0.15) is 17.3 Å². The minimum absolute atomic E-state index is 0.0862. The third kappa shape index (κ3) is 4.84. The molecule has 0 aliphatic carbocycles. The number of carbonyl (C=O) groups excluding carboxylic acids is 2. The molecule has 0 spiro atoms. The van der Waals surface area contributed by atoms with Crippen LogP contribution < -0.4 is 15.6 Å². The smallest absolute Gasteiger partial charge is 0.273 e. The van der Waals surface area contributed by atoms with E-state index in [0.29, 0.717) is 17.1 Å². The van der Waals surface area contributed by atoms with E-state index in [4.69, 9.17) is 4.42 Å². The average molecular weight is 431 g/mol. The van der Waals surface area contributed by atoms with Gasteiger partial charge in [-0.3, -0.25) is 25.2 Å². The molecular weight excluding hydrogens is 413 g/mol. The molecule has 1 heterocycles. The van der Waals surface area contributed by atoms with Crippen molar-refractivity contribution in [2.75, 3.05) is 4.72 Å². The highest BCUT2D eigenvalue weighted by Gasteiger charge is 2.17. The first kappa shape index (κ1) is 21.1. The first-order valence-electron chi connectivity index (χ1n) is 8.72. The minimum Gasteiger partial charge on any atom is -0.466 e. The molecule has 0 radical (unpaired) electrons. The number of hydrazine groups is 1. The van der Waals surface area contributed by atoms with Crippen molar-refractivity contribution in [2.24, 2.45) is 0 Å². The maximum Gasteiger partial charge on any atom is 0.273 e. The third-order valence-corrected chi connectivity index (χ3v) is 5.50. The Labute approximate surface area is 172 Å². The fourth-order valence-electron chi connectivity index (χ4n) is 2.63. The zero-order valence-corrected chi connectivity index (χ0v) is 16.8. The van der Waals surface area contributed by atoms with Crippen LogP contribution in [0, 0.1) is 19.7 Å². The van der Waals surface area contributed by atoms with Crippen molar-refractivity contribution < 1.29 is 26.8 Å². The van der Waals surface area contributed by atoms with Crippen LogP contribution in [0.15, 0.2) is 63.9 Å². The Hall–Kier alpha value is -3.66. The summed E-state index contributed by atoms with van der Waals surface area (Å²) in [5.74, 6) is -0.673. The SMILES string of the molecule is Cc1cc(C(=O)NNC(=O)c2ccc(S(=O)(=O)Nc3ccc(F)cc3)cc2)c(C)o1. The second-order valence-corrected chi connectivity index (χ2v) is 8.05. The molecule has 0 saturated carbocycles. The number of aryl methyl sites for hydroxylation is 2. The van der Waals surface area contributed by atoms with E-state index in [1.54, 1.807) is 19.9 Å². The molecule has 0 atom stereocenters. The summed E-state index contributed by atoms with van der Waals surface area (Å²) in [6.07, 6.45) is 0. The number of amides is 2. The van der Waals surface area contributed by atoms with Crippen LogP contribution in [0.5, 0.6) is 0 Å². The molecule has 0 aliphatic rings. The maximum atomic E-state index is 12.9. The van der Waals surface area contributed by atoms with Gasteiger partial charge in [-0.25, -0.2) is 12.8 Å². The standard InChI is InChI=1S/C20H18FN3O5S/c1-12-11-18(13(2)29-12)20(26)23-22-19(25)14-3-9-17(10-4-14)30(27,28)24-16-7-5-15(21)6-8-16/h3-11,24H,1-2H3,(H,22,25)(H,23,26). The molecule has 2 amide bonds. The lowest BCUT2D eigenvalue weighted by Crippen LogP contribution is -2.41. The molecule has 3 aromatic rings. The van der Waals surface area contributed by atoms with E-state index in [9.17, 15) is 22.4 Å². The van der Waals surface area contributed by atoms with Gasteiger partial charge >= 0.3 is 0 Å². The van der Waals surface area contributed by atoms with Crippen molar-refractivity contribution in [3.63, 3.8) is 0 Å². The third-order valence-electron chi connectivity index (χ3n) is 4.10. The summed E-state index contributed by atoms with van der Waals surface area (Å²) in [5.41, 5.74) is 5.16. The predicted octanol–water partition coefficient (Wildman–Crippen LogP) is 2.91. The first-order valence-corrected chi connectivity index (χ1v) is 10.2. The summed E-state index contributed by atoms with van der Waals surface area (Å²) >= 11 is 0. The van der Waals surface area contributed by atoms with E-state index in [2.05, 4.69) is 15.6 Å². The monoisotopic (exact) mass is 431 g/mol. The maximum absolute atomic E-state index is 12.9. The van der Waals surface area contributed by atoms with Crippen molar-refractivity contribution in [3.05, 3.63) is 83.1 Å². The number of rotatable bonds is 5.